The molecule has 8 nitrogen and oxygen atoms in total. The number of carbonyl (C=O) groups is 3. The van der Waals surface area contributed by atoms with Gasteiger partial charge >= 0.3 is 12.1 Å². The van der Waals surface area contributed by atoms with Crippen molar-refractivity contribution in [1.29, 1.82) is 0 Å². The Bertz CT molecular complexity index is 608. The molecule has 2 saturated carbocycles. The molecule has 2 amide bonds. The molecule has 0 saturated heterocycles. The van der Waals surface area contributed by atoms with Gasteiger partial charge < -0.3 is 25.6 Å². The first-order valence-corrected chi connectivity index (χ1v) is 9.77. The van der Waals surface area contributed by atoms with Crippen LogP contribution in [-0.4, -0.2) is 57.1 Å². The van der Waals surface area contributed by atoms with Gasteiger partial charge in [-0.15, -0.1) is 0 Å². The number of ether oxygens (including phenoxy) is 1. The van der Waals surface area contributed by atoms with Gasteiger partial charge in [-0.2, -0.15) is 0 Å². The SMILES string of the molecule is CC(C)(C)OC(=O)N[C@@H](CC1(F)CCCC1)C(=O)NC1(C(O)C(=O)O)CCC1. The Balaban J connectivity index is 2.13. The van der Waals surface area contributed by atoms with Gasteiger partial charge in [0, 0.05) is 6.42 Å². The summed E-state index contributed by atoms with van der Waals surface area (Å²) in [6.07, 6.45) is 0.426. The molecule has 28 heavy (non-hydrogen) atoms. The van der Waals surface area contributed by atoms with E-state index in [1.165, 1.54) is 0 Å². The number of nitrogens with one attached hydrogen (secondary N) is 2. The first-order chi connectivity index (χ1) is 12.9. The van der Waals surface area contributed by atoms with E-state index < -0.39 is 46.9 Å². The number of halogens is 1. The molecule has 0 heterocycles. The van der Waals surface area contributed by atoms with E-state index in [0.717, 1.165) is 0 Å². The second-order valence-electron chi connectivity index (χ2n) is 9.00. The zero-order valence-electron chi connectivity index (χ0n) is 16.7. The number of aliphatic hydroxyl groups excluding tert-OH is 1. The highest BCUT2D eigenvalue weighted by Crippen LogP contribution is 2.38. The minimum absolute atomic E-state index is 0.225. The molecular formula is C19H31FN2O6. The first-order valence-electron chi connectivity index (χ1n) is 9.77. The summed E-state index contributed by atoms with van der Waals surface area (Å²) in [5.41, 5.74) is -3.66. The predicted octanol–water partition coefficient (Wildman–Crippen LogP) is 2.04. The van der Waals surface area contributed by atoms with E-state index in [0.29, 0.717) is 44.9 Å². The van der Waals surface area contributed by atoms with Crippen molar-refractivity contribution < 1.29 is 33.7 Å². The van der Waals surface area contributed by atoms with Gasteiger partial charge in [-0.3, -0.25) is 4.79 Å². The summed E-state index contributed by atoms with van der Waals surface area (Å²) < 4.78 is 20.2. The number of aliphatic carboxylic acids is 1. The molecule has 2 atom stereocenters. The van der Waals surface area contributed by atoms with Crippen LogP contribution in [0, 0.1) is 0 Å². The molecule has 0 bridgehead atoms. The molecule has 0 radical (unpaired) electrons. The van der Waals surface area contributed by atoms with Crippen LogP contribution in [0.3, 0.4) is 0 Å². The van der Waals surface area contributed by atoms with Gasteiger partial charge in [0.15, 0.2) is 6.10 Å². The lowest BCUT2D eigenvalue weighted by atomic mass is 9.72. The van der Waals surface area contributed by atoms with Crippen LogP contribution in [0.1, 0.15) is 72.1 Å². The number of carboxylic acid groups (broad SMARTS) is 1. The van der Waals surface area contributed by atoms with Crippen LogP contribution in [0.2, 0.25) is 0 Å². The van der Waals surface area contributed by atoms with Crippen molar-refractivity contribution in [1.82, 2.24) is 10.6 Å². The van der Waals surface area contributed by atoms with Crippen molar-refractivity contribution in [3.8, 4) is 0 Å². The smallest absolute Gasteiger partial charge is 0.408 e. The molecule has 2 rings (SSSR count). The second-order valence-corrected chi connectivity index (χ2v) is 9.00. The molecule has 0 aromatic heterocycles. The highest BCUT2D eigenvalue weighted by atomic mass is 19.1. The zero-order valence-corrected chi connectivity index (χ0v) is 16.7. The van der Waals surface area contributed by atoms with Crippen LogP contribution in [0.4, 0.5) is 9.18 Å². The maximum atomic E-state index is 15.0. The molecule has 2 aliphatic rings. The number of rotatable bonds is 7. The topological polar surface area (TPSA) is 125 Å². The Morgan fingerprint density at radius 1 is 1.11 bits per heavy atom. The molecule has 9 heteroatoms. The number of alkyl halides is 1. The van der Waals surface area contributed by atoms with Crippen LogP contribution in [0.15, 0.2) is 0 Å². The summed E-state index contributed by atoms with van der Waals surface area (Å²) in [7, 11) is 0. The fraction of sp³-hybridized carbons (Fsp3) is 0.842. The molecule has 160 valence electrons. The average Bonchev–Trinajstić information content (AvgIpc) is 2.93. The van der Waals surface area contributed by atoms with Crippen molar-refractivity contribution >= 4 is 18.0 Å². The lowest BCUT2D eigenvalue weighted by molar-refractivity contribution is -0.156. The Hall–Kier alpha value is -1.90. The highest BCUT2D eigenvalue weighted by Gasteiger charge is 2.50. The summed E-state index contributed by atoms with van der Waals surface area (Å²) in [4.78, 5) is 36.2. The second kappa shape index (κ2) is 8.23. The molecule has 2 aliphatic carbocycles. The normalized spacial score (nSPS) is 22.5. The number of aliphatic hydroxyl groups is 1. The standard InChI is InChI=1S/C19H31FN2O6/c1-17(2,3)28-16(27)21-12(11-18(20)7-4-5-8-18)14(24)22-19(9-6-10-19)13(23)15(25)26/h12-13,23H,4-11H2,1-3H3,(H,21,27)(H,22,24)(H,25,26)/t12-,13?/m0/s1. The summed E-state index contributed by atoms with van der Waals surface area (Å²) >= 11 is 0. The van der Waals surface area contributed by atoms with E-state index in [9.17, 15) is 19.5 Å². The predicted molar refractivity (Wildman–Crippen MR) is 98.4 cm³/mol. The number of carbonyl (C=O) groups excluding carboxylic acids is 2. The van der Waals surface area contributed by atoms with E-state index in [1.54, 1.807) is 20.8 Å². The molecular weight excluding hydrogens is 371 g/mol. The molecule has 0 aromatic rings. The minimum atomic E-state index is -1.77. The van der Waals surface area contributed by atoms with Crippen molar-refractivity contribution in [3.05, 3.63) is 0 Å². The molecule has 0 aliphatic heterocycles. The fourth-order valence-corrected chi connectivity index (χ4v) is 3.83. The third kappa shape index (κ3) is 5.56. The van der Waals surface area contributed by atoms with E-state index in [4.69, 9.17) is 9.84 Å². The summed E-state index contributed by atoms with van der Waals surface area (Å²) in [6, 6.07) is -1.23. The molecule has 0 aromatic carbocycles. The van der Waals surface area contributed by atoms with Crippen molar-refractivity contribution in [3.63, 3.8) is 0 Å². The van der Waals surface area contributed by atoms with Gasteiger partial charge in [-0.1, -0.05) is 12.8 Å². The van der Waals surface area contributed by atoms with Gasteiger partial charge in [0.1, 0.15) is 17.3 Å². The number of carboxylic acids is 1. The number of alkyl carbamates (subject to hydrolysis) is 1. The molecule has 0 spiro atoms. The number of hydrogen-bond donors (Lipinski definition) is 4. The van der Waals surface area contributed by atoms with Crippen LogP contribution in [-0.2, 0) is 14.3 Å². The largest absolute Gasteiger partial charge is 0.479 e. The highest BCUT2D eigenvalue weighted by molar-refractivity contribution is 5.87. The average molecular weight is 402 g/mol. The van der Waals surface area contributed by atoms with Gasteiger partial charge in [-0.25, -0.2) is 14.0 Å². The maximum Gasteiger partial charge on any atom is 0.408 e. The van der Waals surface area contributed by atoms with E-state index in [-0.39, 0.29) is 6.42 Å². The van der Waals surface area contributed by atoms with Crippen LogP contribution in [0.5, 0.6) is 0 Å². The lowest BCUT2D eigenvalue weighted by Crippen LogP contribution is -2.66. The number of amides is 2. The Labute approximate surface area is 164 Å². The van der Waals surface area contributed by atoms with Gasteiger partial charge in [-0.05, 0) is 52.9 Å². The van der Waals surface area contributed by atoms with Crippen LogP contribution >= 0.6 is 0 Å². The van der Waals surface area contributed by atoms with Gasteiger partial charge in [0.05, 0.1) is 5.54 Å². The third-order valence-corrected chi connectivity index (χ3v) is 5.45. The summed E-state index contributed by atoms with van der Waals surface area (Å²) in [6.45, 7) is 5.01. The van der Waals surface area contributed by atoms with Crippen molar-refractivity contribution in [2.45, 2.75) is 101 Å². The quantitative estimate of drug-likeness (QED) is 0.516. The Morgan fingerprint density at radius 3 is 2.11 bits per heavy atom. The fourth-order valence-electron chi connectivity index (χ4n) is 3.83. The zero-order chi connectivity index (χ0) is 21.2. The molecule has 2 fully saturated rings. The summed E-state index contributed by atoms with van der Waals surface area (Å²) in [5.74, 6) is -2.15. The molecule has 4 N–H and O–H groups in total. The lowest BCUT2D eigenvalue weighted by Gasteiger charge is -2.45. The molecule has 1 unspecified atom stereocenters. The van der Waals surface area contributed by atoms with Gasteiger partial charge in [0.2, 0.25) is 5.91 Å². The Morgan fingerprint density at radius 2 is 1.68 bits per heavy atom. The number of hydrogen-bond acceptors (Lipinski definition) is 5. The first kappa shape index (κ1) is 22.4. The van der Waals surface area contributed by atoms with E-state index in [1.807, 2.05) is 0 Å². The van der Waals surface area contributed by atoms with E-state index in [2.05, 4.69) is 10.6 Å². The monoisotopic (exact) mass is 402 g/mol. The third-order valence-electron chi connectivity index (χ3n) is 5.45. The van der Waals surface area contributed by atoms with Crippen LogP contribution in [0.25, 0.3) is 0 Å². The van der Waals surface area contributed by atoms with Crippen LogP contribution < -0.4 is 10.6 Å². The Kier molecular flexibility index (Phi) is 6.58. The maximum absolute atomic E-state index is 15.0. The van der Waals surface area contributed by atoms with E-state index >= 15 is 4.39 Å². The summed E-state index contributed by atoms with van der Waals surface area (Å²) in [5, 5.41) is 24.1. The van der Waals surface area contributed by atoms with Crippen molar-refractivity contribution in [2.75, 3.05) is 0 Å². The van der Waals surface area contributed by atoms with Gasteiger partial charge in [0.25, 0.3) is 0 Å². The van der Waals surface area contributed by atoms with Crippen molar-refractivity contribution in [2.24, 2.45) is 0 Å². The minimum Gasteiger partial charge on any atom is -0.479 e.